The van der Waals surface area contributed by atoms with Gasteiger partial charge in [-0.3, -0.25) is 9.59 Å². The van der Waals surface area contributed by atoms with Crippen LogP contribution in [-0.4, -0.2) is 49.8 Å². The van der Waals surface area contributed by atoms with Crippen LogP contribution in [0.1, 0.15) is 15.9 Å². The SMILES string of the molecule is Cc1cc(-n2cncn2)ccc1C(=O)NCCSCC(=O)O. The summed E-state index contributed by atoms with van der Waals surface area (Å²) in [4.78, 5) is 26.3. The first kappa shape index (κ1) is 16.0. The number of aliphatic carboxylic acids is 1. The molecule has 0 radical (unpaired) electrons. The number of benzene rings is 1. The molecule has 0 aliphatic heterocycles. The van der Waals surface area contributed by atoms with Crippen LogP contribution in [0.5, 0.6) is 0 Å². The molecule has 0 atom stereocenters. The van der Waals surface area contributed by atoms with E-state index in [2.05, 4.69) is 15.4 Å². The number of rotatable bonds is 7. The zero-order valence-corrected chi connectivity index (χ0v) is 12.8. The van der Waals surface area contributed by atoms with Crippen LogP contribution >= 0.6 is 11.8 Å². The minimum absolute atomic E-state index is 0.0432. The van der Waals surface area contributed by atoms with Crippen LogP contribution in [0.3, 0.4) is 0 Å². The Labute approximate surface area is 131 Å². The van der Waals surface area contributed by atoms with Gasteiger partial charge in [0.25, 0.3) is 5.91 Å². The Kier molecular flexibility index (Phi) is 5.54. The summed E-state index contributed by atoms with van der Waals surface area (Å²) >= 11 is 1.27. The van der Waals surface area contributed by atoms with Gasteiger partial charge in [-0.05, 0) is 30.7 Å². The lowest BCUT2D eigenvalue weighted by atomic mass is 10.1. The molecule has 22 heavy (non-hydrogen) atoms. The Morgan fingerprint density at radius 2 is 2.23 bits per heavy atom. The van der Waals surface area contributed by atoms with Crippen molar-refractivity contribution in [3.63, 3.8) is 0 Å². The number of nitrogens with zero attached hydrogens (tertiary/aromatic N) is 3. The number of hydrogen-bond donors (Lipinski definition) is 2. The van der Waals surface area contributed by atoms with Crippen LogP contribution in [-0.2, 0) is 4.79 Å². The summed E-state index contributed by atoms with van der Waals surface area (Å²) in [5.74, 6) is -0.412. The molecule has 1 amide bonds. The van der Waals surface area contributed by atoms with Gasteiger partial charge in [0.1, 0.15) is 12.7 Å². The first-order valence-electron chi connectivity index (χ1n) is 6.61. The van der Waals surface area contributed by atoms with Crippen molar-refractivity contribution in [1.82, 2.24) is 20.1 Å². The van der Waals surface area contributed by atoms with Crippen LogP contribution in [0, 0.1) is 6.92 Å². The summed E-state index contributed by atoms with van der Waals surface area (Å²) < 4.78 is 1.62. The lowest BCUT2D eigenvalue weighted by molar-refractivity contribution is -0.133. The lowest BCUT2D eigenvalue weighted by Crippen LogP contribution is -2.26. The second kappa shape index (κ2) is 7.60. The maximum Gasteiger partial charge on any atom is 0.313 e. The molecule has 2 aromatic rings. The van der Waals surface area contributed by atoms with Crippen LogP contribution in [0.4, 0.5) is 0 Å². The third-order valence-corrected chi connectivity index (χ3v) is 3.84. The van der Waals surface area contributed by atoms with E-state index < -0.39 is 5.97 Å². The van der Waals surface area contributed by atoms with Crippen molar-refractivity contribution < 1.29 is 14.7 Å². The van der Waals surface area contributed by atoms with E-state index in [1.807, 2.05) is 13.0 Å². The average molecular weight is 320 g/mol. The van der Waals surface area contributed by atoms with Gasteiger partial charge >= 0.3 is 5.97 Å². The lowest BCUT2D eigenvalue weighted by Gasteiger charge is -2.09. The fraction of sp³-hybridized carbons (Fsp3) is 0.286. The molecule has 2 N–H and O–H groups in total. The predicted molar refractivity (Wildman–Crippen MR) is 83.4 cm³/mol. The highest BCUT2D eigenvalue weighted by molar-refractivity contribution is 7.99. The number of aromatic nitrogens is 3. The van der Waals surface area contributed by atoms with Crippen molar-refractivity contribution >= 4 is 23.6 Å². The average Bonchev–Trinajstić information content (AvgIpc) is 3.00. The summed E-state index contributed by atoms with van der Waals surface area (Å²) in [6.45, 7) is 2.29. The van der Waals surface area contributed by atoms with Crippen molar-refractivity contribution in [1.29, 1.82) is 0 Å². The molecule has 0 bridgehead atoms. The van der Waals surface area contributed by atoms with Gasteiger partial charge in [-0.25, -0.2) is 9.67 Å². The van der Waals surface area contributed by atoms with E-state index in [0.29, 0.717) is 17.9 Å². The number of aryl methyl sites for hydroxylation is 1. The smallest absolute Gasteiger partial charge is 0.313 e. The molecule has 2 rings (SSSR count). The molecule has 0 aliphatic rings. The first-order chi connectivity index (χ1) is 10.6. The number of carbonyl (C=O) groups is 2. The van der Waals surface area contributed by atoms with Crippen molar-refractivity contribution in [3.8, 4) is 5.69 Å². The normalized spacial score (nSPS) is 10.4. The Balaban J connectivity index is 1.91. The summed E-state index contributed by atoms with van der Waals surface area (Å²) in [7, 11) is 0. The highest BCUT2D eigenvalue weighted by atomic mass is 32.2. The molecule has 0 saturated heterocycles. The van der Waals surface area contributed by atoms with E-state index in [9.17, 15) is 9.59 Å². The number of amides is 1. The van der Waals surface area contributed by atoms with Gasteiger partial charge in [0.2, 0.25) is 0 Å². The van der Waals surface area contributed by atoms with Gasteiger partial charge < -0.3 is 10.4 Å². The minimum atomic E-state index is -0.851. The molecular formula is C14H16N4O3S. The zero-order valence-electron chi connectivity index (χ0n) is 12.0. The van der Waals surface area contributed by atoms with Gasteiger partial charge in [0.15, 0.2) is 0 Å². The molecule has 0 spiro atoms. The second-order valence-electron chi connectivity index (χ2n) is 4.54. The van der Waals surface area contributed by atoms with E-state index in [0.717, 1.165) is 11.3 Å². The molecule has 0 saturated carbocycles. The Morgan fingerprint density at radius 3 is 2.86 bits per heavy atom. The fourth-order valence-corrected chi connectivity index (χ4v) is 2.44. The van der Waals surface area contributed by atoms with E-state index >= 15 is 0 Å². The highest BCUT2D eigenvalue weighted by Crippen LogP contribution is 2.13. The molecule has 8 heteroatoms. The maximum atomic E-state index is 12.1. The summed E-state index contributed by atoms with van der Waals surface area (Å²) in [6.07, 6.45) is 3.04. The van der Waals surface area contributed by atoms with Crippen LogP contribution in [0.25, 0.3) is 5.69 Å². The quantitative estimate of drug-likeness (QED) is 0.742. The van der Waals surface area contributed by atoms with Crippen molar-refractivity contribution in [2.75, 3.05) is 18.1 Å². The molecule has 0 aliphatic carbocycles. The van der Waals surface area contributed by atoms with Crippen LogP contribution < -0.4 is 5.32 Å². The molecule has 1 aromatic carbocycles. The first-order valence-corrected chi connectivity index (χ1v) is 7.77. The molecule has 7 nitrogen and oxygen atoms in total. The number of carboxylic acids is 1. The molecular weight excluding hydrogens is 304 g/mol. The number of thioether (sulfide) groups is 1. The molecule has 1 heterocycles. The van der Waals surface area contributed by atoms with E-state index in [-0.39, 0.29) is 11.7 Å². The van der Waals surface area contributed by atoms with E-state index in [4.69, 9.17) is 5.11 Å². The van der Waals surface area contributed by atoms with Crippen LogP contribution in [0.15, 0.2) is 30.9 Å². The predicted octanol–water partition coefficient (Wildman–Crippen LogP) is 1.12. The van der Waals surface area contributed by atoms with Crippen molar-refractivity contribution in [2.24, 2.45) is 0 Å². The summed E-state index contributed by atoms with van der Waals surface area (Å²) in [6, 6.07) is 5.41. The molecule has 116 valence electrons. The summed E-state index contributed by atoms with van der Waals surface area (Å²) in [5.41, 5.74) is 2.26. The molecule has 0 unspecified atom stereocenters. The standard InChI is InChI=1S/C14H16N4O3S/c1-10-6-11(18-9-15-8-17-18)2-3-12(10)14(21)16-4-5-22-7-13(19)20/h2-3,6,8-9H,4-5,7H2,1H3,(H,16,21)(H,19,20). The van der Waals surface area contributed by atoms with Crippen molar-refractivity contribution in [2.45, 2.75) is 6.92 Å². The zero-order chi connectivity index (χ0) is 15.9. The van der Waals surface area contributed by atoms with Gasteiger partial charge in [-0.2, -0.15) is 5.10 Å². The largest absolute Gasteiger partial charge is 0.481 e. The number of nitrogens with one attached hydrogen (secondary N) is 1. The maximum absolute atomic E-state index is 12.1. The topological polar surface area (TPSA) is 97.1 Å². The molecule has 1 aromatic heterocycles. The Morgan fingerprint density at radius 1 is 1.41 bits per heavy atom. The van der Waals surface area contributed by atoms with Crippen molar-refractivity contribution in [3.05, 3.63) is 42.0 Å². The fourth-order valence-electron chi connectivity index (χ4n) is 1.88. The van der Waals surface area contributed by atoms with Crippen LogP contribution in [0.2, 0.25) is 0 Å². The number of carbonyl (C=O) groups excluding carboxylic acids is 1. The van der Waals surface area contributed by atoms with E-state index in [1.54, 1.807) is 23.1 Å². The highest BCUT2D eigenvalue weighted by Gasteiger charge is 2.10. The summed E-state index contributed by atoms with van der Waals surface area (Å²) in [5, 5.41) is 15.3. The monoisotopic (exact) mass is 320 g/mol. The third-order valence-electron chi connectivity index (χ3n) is 2.90. The van der Waals surface area contributed by atoms with E-state index in [1.165, 1.54) is 18.1 Å². The van der Waals surface area contributed by atoms with Gasteiger partial charge in [0.05, 0.1) is 11.4 Å². The number of hydrogen-bond acceptors (Lipinski definition) is 5. The third kappa shape index (κ3) is 4.32. The molecule has 0 fully saturated rings. The van der Waals surface area contributed by atoms with Gasteiger partial charge in [-0.1, -0.05) is 0 Å². The minimum Gasteiger partial charge on any atom is -0.481 e. The second-order valence-corrected chi connectivity index (χ2v) is 5.65. The van der Waals surface area contributed by atoms with Gasteiger partial charge in [0, 0.05) is 17.9 Å². The number of carboxylic acid groups (broad SMARTS) is 1. The Hall–Kier alpha value is -2.35. The Bertz CT molecular complexity index is 658. The van der Waals surface area contributed by atoms with Gasteiger partial charge in [-0.15, -0.1) is 11.8 Å².